The summed E-state index contributed by atoms with van der Waals surface area (Å²) in [4.78, 5) is 13.9. The first kappa shape index (κ1) is 20.2. The highest BCUT2D eigenvalue weighted by atomic mass is 19.4. The number of halogens is 4. The van der Waals surface area contributed by atoms with Gasteiger partial charge in [0.2, 0.25) is 0 Å². The maximum atomic E-state index is 13.7. The highest BCUT2D eigenvalue weighted by Gasteiger charge is 2.35. The Bertz CT molecular complexity index is 551. The molecule has 0 spiro atoms. The van der Waals surface area contributed by atoms with E-state index >= 15 is 0 Å². The molecule has 136 valence electrons. The van der Waals surface area contributed by atoms with Gasteiger partial charge in [-0.1, -0.05) is 6.07 Å². The molecule has 0 saturated carbocycles. The average molecular weight is 349 g/mol. The Morgan fingerprint density at radius 1 is 1.17 bits per heavy atom. The molecular formula is C16H23F4N3O. The largest absolute Gasteiger partial charge is 0.418 e. The topological polar surface area (TPSA) is 44.4 Å². The zero-order valence-corrected chi connectivity index (χ0v) is 14.2. The number of nitrogens with zero attached hydrogens (tertiary/aromatic N) is 1. The fraction of sp³-hybridized carbons (Fsp3) is 0.562. The van der Waals surface area contributed by atoms with Gasteiger partial charge in [0.15, 0.2) is 0 Å². The van der Waals surface area contributed by atoms with Crippen molar-refractivity contribution >= 4 is 11.7 Å². The number of nitrogens with one attached hydrogen (secondary N) is 2. The predicted octanol–water partition coefficient (Wildman–Crippen LogP) is 4.08. The summed E-state index contributed by atoms with van der Waals surface area (Å²) in [6.07, 6.45) is -4.75. The molecule has 24 heavy (non-hydrogen) atoms. The van der Waals surface area contributed by atoms with E-state index < -0.39 is 29.3 Å². The third kappa shape index (κ3) is 5.67. The van der Waals surface area contributed by atoms with Gasteiger partial charge in [0.1, 0.15) is 5.82 Å². The number of alkyl halides is 3. The minimum Gasteiger partial charge on any atom is -0.337 e. The number of para-hydroxylation sites is 1. The number of benzene rings is 1. The van der Waals surface area contributed by atoms with Crippen LogP contribution in [-0.4, -0.2) is 36.1 Å². The lowest BCUT2D eigenvalue weighted by Crippen LogP contribution is -2.43. The second kappa shape index (κ2) is 8.32. The molecule has 8 heteroatoms. The number of urea groups is 1. The van der Waals surface area contributed by atoms with Crippen LogP contribution in [0.15, 0.2) is 18.2 Å². The number of anilines is 1. The minimum absolute atomic E-state index is 0.234. The average Bonchev–Trinajstić information content (AvgIpc) is 2.43. The van der Waals surface area contributed by atoms with E-state index in [1.54, 1.807) is 0 Å². The lowest BCUT2D eigenvalue weighted by molar-refractivity contribution is -0.137. The molecule has 0 heterocycles. The van der Waals surface area contributed by atoms with Gasteiger partial charge in [-0.2, -0.15) is 13.2 Å². The van der Waals surface area contributed by atoms with Crippen molar-refractivity contribution in [1.29, 1.82) is 0 Å². The van der Waals surface area contributed by atoms with Crippen LogP contribution in [0.2, 0.25) is 0 Å². The van der Waals surface area contributed by atoms with E-state index in [1.165, 1.54) is 0 Å². The summed E-state index contributed by atoms with van der Waals surface area (Å²) in [5, 5.41) is 4.41. The maximum absolute atomic E-state index is 13.7. The van der Waals surface area contributed by atoms with E-state index in [0.717, 1.165) is 18.2 Å². The van der Waals surface area contributed by atoms with E-state index in [0.29, 0.717) is 6.54 Å². The molecule has 0 atom stereocenters. The second-order valence-electron chi connectivity index (χ2n) is 5.97. The first-order valence-corrected chi connectivity index (χ1v) is 7.70. The Morgan fingerprint density at radius 3 is 2.25 bits per heavy atom. The molecule has 1 aromatic carbocycles. The molecule has 2 N–H and O–H groups in total. The van der Waals surface area contributed by atoms with Crippen molar-refractivity contribution < 1.29 is 22.4 Å². The van der Waals surface area contributed by atoms with E-state index in [1.807, 2.05) is 33.0 Å². The summed E-state index contributed by atoms with van der Waals surface area (Å²) in [6, 6.07) is 2.18. The Hall–Kier alpha value is -1.83. The first-order chi connectivity index (χ1) is 11.0. The Labute approximate surface area is 139 Å². The van der Waals surface area contributed by atoms with Crippen molar-refractivity contribution in [3.05, 3.63) is 29.6 Å². The number of rotatable bonds is 6. The third-order valence-corrected chi connectivity index (χ3v) is 3.54. The predicted molar refractivity (Wildman–Crippen MR) is 85.4 cm³/mol. The SMILES string of the molecule is CC(C)N(CCNC(=O)Nc1c(F)cccc1C(F)(F)F)C(C)C. The van der Waals surface area contributed by atoms with E-state index in [-0.39, 0.29) is 18.6 Å². The number of carbonyl (C=O) groups is 1. The van der Waals surface area contributed by atoms with Crippen LogP contribution >= 0.6 is 0 Å². The molecule has 1 aromatic rings. The van der Waals surface area contributed by atoms with Crippen LogP contribution in [0.5, 0.6) is 0 Å². The van der Waals surface area contributed by atoms with Crippen LogP contribution in [0.3, 0.4) is 0 Å². The molecule has 4 nitrogen and oxygen atoms in total. The molecule has 0 unspecified atom stereocenters. The first-order valence-electron chi connectivity index (χ1n) is 7.70. The number of carbonyl (C=O) groups excluding carboxylic acids is 1. The Morgan fingerprint density at radius 2 is 1.75 bits per heavy atom. The van der Waals surface area contributed by atoms with E-state index in [4.69, 9.17) is 0 Å². The molecule has 0 aromatic heterocycles. The van der Waals surface area contributed by atoms with Crippen LogP contribution in [-0.2, 0) is 6.18 Å². The van der Waals surface area contributed by atoms with Gasteiger partial charge in [0, 0.05) is 25.2 Å². The lowest BCUT2D eigenvalue weighted by Gasteiger charge is -2.30. The summed E-state index contributed by atoms with van der Waals surface area (Å²) in [5.74, 6) is -1.13. The van der Waals surface area contributed by atoms with Gasteiger partial charge in [0.25, 0.3) is 0 Å². The second-order valence-corrected chi connectivity index (χ2v) is 5.97. The van der Waals surface area contributed by atoms with Gasteiger partial charge in [0.05, 0.1) is 11.3 Å². The van der Waals surface area contributed by atoms with Crippen molar-refractivity contribution in [3.8, 4) is 0 Å². The van der Waals surface area contributed by atoms with Crippen molar-refractivity contribution in [2.24, 2.45) is 0 Å². The highest BCUT2D eigenvalue weighted by Crippen LogP contribution is 2.35. The molecule has 0 saturated heterocycles. The molecule has 0 bridgehead atoms. The molecule has 0 aliphatic heterocycles. The minimum atomic E-state index is -4.75. The third-order valence-electron chi connectivity index (χ3n) is 3.54. The molecular weight excluding hydrogens is 326 g/mol. The van der Waals surface area contributed by atoms with Crippen molar-refractivity contribution in [2.75, 3.05) is 18.4 Å². The summed E-state index contributed by atoms with van der Waals surface area (Å²) in [7, 11) is 0. The molecule has 2 amide bonds. The van der Waals surface area contributed by atoms with Crippen LogP contribution < -0.4 is 10.6 Å². The highest BCUT2D eigenvalue weighted by molar-refractivity contribution is 5.90. The zero-order valence-electron chi connectivity index (χ0n) is 14.2. The van der Waals surface area contributed by atoms with Crippen LogP contribution in [0.4, 0.5) is 28.0 Å². The van der Waals surface area contributed by atoms with Crippen LogP contribution in [0.1, 0.15) is 33.3 Å². The molecule has 1 rings (SSSR count). The maximum Gasteiger partial charge on any atom is 0.418 e. The van der Waals surface area contributed by atoms with Crippen LogP contribution in [0, 0.1) is 5.82 Å². The number of hydrogen-bond acceptors (Lipinski definition) is 2. The van der Waals surface area contributed by atoms with Crippen LogP contribution in [0.25, 0.3) is 0 Å². The van der Waals surface area contributed by atoms with E-state index in [2.05, 4.69) is 10.2 Å². The molecule has 0 aliphatic carbocycles. The standard InChI is InChI=1S/C16H23F4N3O/c1-10(2)23(11(3)4)9-8-21-15(24)22-14-12(16(18,19)20)6-5-7-13(14)17/h5-7,10-11H,8-9H2,1-4H3,(H2,21,22,24). The van der Waals surface area contributed by atoms with Gasteiger partial charge >= 0.3 is 12.2 Å². The van der Waals surface area contributed by atoms with Gasteiger partial charge in [-0.25, -0.2) is 9.18 Å². The quantitative estimate of drug-likeness (QED) is 0.760. The monoisotopic (exact) mass is 349 g/mol. The van der Waals surface area contributed by atoms with Crippen molar-refractivity contribution in [2.45, 2.75) is 46.0 Å². The number of hydrogen-bond donors (Lipinski definition) is 2. The summed E-state index contributed by atoms with van der Waals surface area (Å²) in [6.45, 7) is 8.80. The normalized spacial score (nSPS) is 12.1. The van der Waals surface area contributed by atoms with Gasteiger partial charge in [-0.3, -0.25) is 4.90 Å². The van der Waals surface area contributed by atoms with Crippen molar-refractivity contribution in [3.63, 3.8) is 0 Å². The van der Waals surface area contributed by atoms with Gasteiger partial charge in [-0.05, 0) is 39.8 Å². The zero-order chi connectivity index (χ0) is 18.5. The fourth-order valence-corrected chi connectivity index (χ4v) is 2.46. The molecule has 0 aliphatic rings. The Balaban J connectivity index is 2.70. The van der Waals surface area contributed by atoms with Gasteiger partial charge < -0.3 is 10.6 Å². The summed E-state index contributed by atoms with van der Waals surface area (Å²) >= 11 is 0. The van der Waals surface area contributed by atoms with Crippen molar-refractivity contribution in [1.82, 2.24) is 10.2 Å². The molecule has 0 fully saturated rings. The Kier molecular flexibility index (Phi) is 7.01. The number of amides is 2. The summed E-state index contributed by atoms with van der Waals surface area (Å²) in [5.41, 5.74) is -2.09. The summed E-state index contributed by atoms with van der Waals surface area (Å²) < 4.78 is 52.3. The smallest absolute Gasteiger partial charge is 0.337 e. The van der Waals surface area contributed by atoms with E-state index in [9.17, 15) is 22.4 Å². The lowest BCUT2D eigenvalue weighted by atomic mass is 10.1. The fourth-order valence-electron chi connectivity index (χ4n) is 2.46. The molecule has 0 radical (unpaired) electrons. The van der Waals surface area contributed by atoms with Gasteiger partial charge in [-0.15, -0.1) is 0 Å².